The minimum atomic E-state index is 0.252. The molecule has 88 valence electrons. The Kier molecular flexibility index (Phi) is 3.29. The van der Waals surface area contributed by atoms with Crippen LogP contribution < -0.4 is 10.6 Å². The Labute approximate surface area is 96.8 Å². The summed E-state index contributed by atoms with van der Waals surface area (Å²) in [6.07, 6.45) is 6.85. The van der Waals surface area contributed by atoms with Crippen LogP contribution in [0.1, 0.15) is 13.3 Å². The average Bonchev–Trinajstić information content (AvgIpc) is 2.71. The minimum Gasteiger partial charge on any atom is -0.341 e. The molecule has 2 atom stereocenters. The van der Waals surface area contributed by atoms with Gasteiger partial charge in [0.2, 0.25) is 5.95 Å². The lowest BCUT2D eigenvalue weighted by molar-refractivity contribution is 0.374. The summed E-state index contributed by atoms with van der Waals surface area (Å²) in [5.41, 5.74) is 6.10. The summed E-state index contributed by atoms with van der Waals surface area (Å²) in [7, 11) is 0. The fraction of sp³-hybridized carbons (Fsp3) is 0.583. The first-order valence-corrected chi connectivity index (χ1v) is 5.85. The molecule has 2 rings (SSSR count). The van der Waals surface area contributed by atoms with Crippen molar-refractivity contribution >= 4 is 5.95 Å². The largest absolute Gasteiger partial charge is 0.341 e. The van der Waals surface area contributed by atoms with Crippen molar-refractivity contribution in [2.24, 2.45) is 11.7 Å². The zero-order chi connectivity index (χ0) is 11.5. The molecule has 2 heterocycles. The van der Waals surface area contributed by atoms with Crippen molar-refractivity contribution in [3.8, 4) is 0 Å². The van der Waals surface area contributed by atoms with E-state index in [0.29, 0.717) is 5.92 Å². The lowest BCUT2D eigenvalue weighted by Gasteiger charge is -2.35. The lowest BCUT2D eigenvalue weighted by Crippen LogP contribution is -2.48. The molecule has 1 aromatic rings. The second kappa shape index (κ2) is 4.70. The molecule has 0 bridgehead atoms. The number of piperidine rings is 1. The standard InChI is InChI=1S/C12H20N4/c1-3-6-15-8-5-14-12(15)16-7-4-10(2)11(13)9-16/h3,5,8,10-11H,1,4,6-7,9,13H2,2H3. The van der Waals surface area contributed by atoms with Crippen molar-refractivity contribution in [3.05, 3.63) is 25.0 Å². The Morgan fingerprint density at radius 1 is 1.69 bits per heavy atom. The molecule has 0 radical (unpaired) electrons. The fourth-order valence-corrected chi connectivity index (χ4v) is 2.15. The quantitative estimate of drug-likeness (QED) is 0.780. The van der Waals surface area contributed by atoms with Crippen molar-refractivity contribution in [1.29, 1.82) is 0 Å². The zero-order valence-corrected chi connectivity index (χ0v) is 9.84. The van der Waals surface area contributed by atoms with Crippen LogP contribution in [0.5, 0.6) is 0 Å². The highest BCUT2D eigenvalue weighted by Crippen LogP contribution is 2.21. The van der Waals surface area contributed by atoms with Crippen LogP contribution in [0.4, 0.5) is 5.95 Å². The molecular formula is C12H20N4. The van der Waals surface area contributed by atoms with Gasteiger partial charge in [0.1, 0.15) is 0 Å². The van der Waals surface area contributed by atoms with Gasteiger partial charge in [-0.15, -0.1) is 6.58 Å². The molecule has 1 aliphatic heterocycles. The van der Waals surface area contributed by atoms with Crippen LogP contribution in [0.3, 0.4) is 0 Å². The smallest absolute Gasteiger partial charge is 0.205 e. The van der Waals surface area contributed by atoms with Gasteiger partial charge < -0.3 is 15.2 Å². The Balaban J connectivity index is 2.11. The predicted octanol–water partition coefficient (Wildman–Crippen LogP) is 1.24. The summed E-state index contributed by atoms with van der Waals surface area (Å²) in [6.45, 7) is 8.72. The van der Waals surface area contributed by atoms with Gasteiger partial charge in [-0.25, -0.2) is 4.98 Å². The molecule has 4 nitrogen and oxygen atoms in total. The summed E-state index contributed by atoms with van der Waals surface area (Å²) in [5.74, 6) is 1.63. The van der Waals surface area contributed by atoms with Gasteiger partial charge in [0.05, 0.1) is 0 Å². The Morgan fingerprint density at radius 3 is 3.19 bits per heavy atom. The van der Waals surface area contributed by atoms with Crippen LogP contribution in [-0.2, 0) is 6.54 Å². The molecule has 1 aromatic heterocycles. The van der Waals surface area contributed by atoms with E-state index >= 15 is 0 Å². The van der Waals surface area contributed by atoms with E-state index in [1.165, 1.54) is 0 Å². The van der Waals surface area contributed by atoms with Gasteiger partial charge in [-0.05, 0) is 12.3 Å². The monoisotopic (exact) mass is 220 g/mol. The zero-order valence-electron chi connectivity index (χ0n) is 9.84. The number of hydrogen-bond donors (Lipinski definition) is 1. The molecule has 4 heteroatoms. The molecule has 0 amide bonds. The number of imidazole rings is 1. The maximum Gasteiger partial charge on any atom is 0.205 e. The van der Waals surface area contributed by atoms with E-state index in [4.69, 9.17) is 5.73 Å². The lowest BCUT2D eigenvalue weighted by atomic mass is 9.94. The highest BCUT2D eigenvalue weighted by molar-refractivity contribution is 5.33. The summed E-state index contributed by atoms with van der Waals surface area (Å²) in [5, 5.41) is 0. The highest BCUT2D eigenvalue weighted by atomic mass is 15.3. The average molecular weight is 220 g/mol. The minimum absolute atomic E-state index is 0.252. The van der Waals surface area contributed by atoms with Crippen LogP contribution in [0, 0.1) is 5.92 Å². The number of rotatable bonds is 3. The Hall–Kier alpha value is -1.29. The van der Waals surface area contributed by atoms with E-state index in [-0.39, 0.29) is 6.04 Å². The van der Waals surface area contributed by atoms with Crippen LogP contribution >= 0.6 is 0 Å². The number of allylic oxidation sites excluding steroid dienone is 1. The first-order chi connectivity index (χ1) is 7.72. The summed E-state index contributed by atoms with van der Waals surface area (Å²) in [6, 6.07) is 0.252. The number of anilines is 1. The highest BCUT2D eigenvalue weighted by Gasteiger charge is 2.25. The van der Waals surface area contributed by atoms with Crippen LogP contribution in [0.15, 0.2) is 25.0 Å². The van der Waals surface area contributed by atoms with Gasteiger partial charge >= 0.3 is 0 Å². The van der Waals surface area contributed by atoms with Crippen LogP contribution in [0.25, 0.3) is 0 Å². The second-order valence-electron chi connectivity index (χ2n) is 4.54. The first-order valence-electron chi connectivity index (χ1n) is 5.85. The molecule has 2 N–H and O–H groups in total. The molecule has 1 aliphatic rings. The topological polar surface area (TPSA) is 47.1 Å². The van der Waals surface area contributed by atoms with Crippen molar-refractivity contribution in [1.82, 2.24) is 9.55 Å². The van der Waals surface area contributed by atoms with Crippen molar-refractivity contribution in [2.45, 2.75) is 25.9 Å². The van der Waals surface area contributed by atoms with Crippen molar-refractivity contribution in [3.63, 3.8) is 0 Å². The molecule has 1 saturated heterocycles. The number of nitrogens with zero attached hydrogens (tertiary/aromatic N) is 3. The Morgan fingerprint density at radius 2 is 2.50 bits per heavy atom. The molecule has 0 aromatic carbocycles. The maximum absolute atomic E-state index is 6.10. The first kappa shape index (κ1) is 11.2. The summed E-state index contributed by atoms with van der Waals surface area (Å²) < 4.78 is 2.11. The molecule has 0 aliphatic carbocycles. The molecular weight excluding hydrogens is 200 g/mol. The second-order valence-corrected chi connectivity index (χ2v) is 4.54. The van der Waals surface area contributed by atoms with E-state index in [2.05, 4.69) is 28.0 Å². The van der Waals surface area contributed by atoms with E-state index < -0.39 is 0 Å². The van der Waals surface area contributed by atoms with Gasteiger partial charge in [0.25, 0.3) is 0 Å². The Bertz CT molecular complexity index is 358. The maximum atomic E-state index is 6.10. The molecule has 16 heavy (non-hydrogen) atoms. The van der Waals surface area contributed by atoms with E-state index in [1.807, 2.05) is 18.5 Å². The van der Waals surface area contributed by atoms with E-state index in [0.717, 1.165) is 32.0 Å². The van der Waals surface area contributed by atoms with Crippen LogP contribution in [0.2, 0.25) is 0 Å². The number of aromatic nitrogens is 2. The van der Waals surface area contributed by atoms with Gasteiger partial charge in [-0.2, -0.15) is 0 Å². The summed E-state index contributed by atoms with van der Waals surface area (Å²) >= 11 is 0. The number of hydrogen-bond acceptors (Lipinski definition) is 3. The summed E-state index contributed by atoms with van der Waals surface area (Å²) in [4.78, 5) is 6.68. The normalized spacial score (nSPS) is 25.8. The number of nitrogens with two attached hydrogens (primary N) is 1. The van der Waals surface area contributed by atoms with Gasteiger partial charge in [0.15, 0.2) is 0 Å². The van der Waals surface area contributed by atoms with E-state index in [9.17, 15) is 0 Å². The predicted molar refractivity (Wildman–Crippen MR) is 66.4 cm³/mol. The van der Waals surface area contributed by atoms with Gasteiger partial charge in [-0.3, -0.25) is 0 Å². The third-order valence-corrected chi connectivity index (χ3v) is 3.32. The molecule has 0 spiro atoms. The van der Waals surface area contributed by atoms with Crippen molar-refractivity contribution < 1.29 is 0 Å². The van der Waals surface area contributed by atoms with Crippen molar-refractivity contribution in [2.75, 3.05) is 18.0 Å². The SMILES string of the molecule is C=CCn1ccnc1N1CCC(C)C(N)C1. The van der Waals surface area contributed by atoms with Gasteiger partial charge in [0, 0.05) is 38.1 Å². The van der Waals surface area contributed by atoms with Gasteiger partial charge in [-0.1, -0.05) is 13.0 Å². The fourth-order valence-electron chi connectivity index (χ4n) is 2.15. The third kappa shape index (κ3) is 2.11. The third-order valence-electron chi connectivity index (χ3n) is 3.32. The molecule has 0 saturated carbocycles. The van der Waals surface area contributed by atoms with E-state index in [1.54, 1.807) is 0 Å². The molecule has 1 fully saturated rings. The van der Waals surface area contributed by atoms with Crippen LogP contribution in [-0.4, -0.2) is 28.7 Å². The molecule has 2 unspecified atom stereocenters.